The van der Waals surface area contributed by atoms with Gasteiger partial charge >= 0.3 is 0 Å². The average Bonchev–Trinajstić information content (AvgIpc) is 2.56. The molecule has 0 radical (unpaired) electrons. The number of amides is 1. The van der Waals surface area contributed by atoms with E-state index in [1.807, 2.05) is 36.4 Å². The summed E-state index contributed by atoms with van der Waals surface area (Å²) in [5, 5.41) is 2.97. The predicted octanol–water partition coefficient (Wildman–Crippen LogP) is 3.84. The summed E-state index contributed by atoms with van der Waals surface area (Å²) >= 11 is 1.77. The van der Waals surface area contributed by atoms with Gasteiger partial charge in [0, 0.05) is 17.9 Å². The summed E-state index contributed by atoms with van der Waals surface area (Å²) in [6, 6.07) is 13.9. The van der Waals surface area contributed by atoms with Gasteiger partial charge in [-0.2, -0.15) is 11.8 Å². The first-order valence-corrected chi connectivity index (χ1v) is 9.03. The number of carbonyl (C=O) groups excluding carboxylic acids is 1. The van der Waals surface area contributed by atoms with Crippen LogP contribution in [-0.2, 0) is 12.2 Å². The van der Waals surface area contributed by atoms with Gasteiger partial charge < -0.3 is 10.1 Å². The largest absolute Gasteiger partial charge is 0.496 e. The molecule has 0 bridgehead atoms. The number of carbonyl (C=O) groups is 1. The minimum absolute atomic E-state index is 0.0349. The van der Waals surface area contributed by atoms with E-state index in [1.165, 1.54) is 11.1 Å². The predicted molar refractivity (Wildman–Crippen MR) is 97.4 cm³/mol. The number of thioether (sulfide) groups is 1. The van der Waals surface area contributed by atoms with Crippen molar-refractivity contribution in [2.24, 2.45) is 0 Å². The van der Waals surface area contributed by atoms with Crippen LogP contribution in [-0.4, -0.2) is 25.8 Å². The molecular formula is C19H23NO2S. The number of methoxy groups -OCH3 is 1. The van der Waals surface area contributed by atoms with Crippen LogP contribution in [0.3, 0.4) is 0 Å². The first-order valence-electron chi connectivity index (χ1n) is 7.63. The summed E-state index contributed by atoms with van der Waals surface area (Å²) in [6.45, 7) is 2.64. The van der Waals surface area contributed by atoms with Gasteiger partial charge in [-0.05, 0) is 48.9 Å². The van der Waals surface area contributed by atoms with Crippen LogP contribution in [0.25, 0.3) is 0 Å². The van der Waals surface area contributed by atoms with E-state index < -0.39 is 0 Å². The summed E-state index contributed by atoms with van der Waals surface area (Å²) in [5.74, 6) is 1.80. The molecule has 2 aromatic carbocycles. The van der Waals surface area contributed by atoms with Gasteiger partial charge in [-0.15, -0.1) is 0 Å². The normalized spacial score (nSPS) is 10.4. The number of aryl methyl sites for hydroxylation is 1. The topological polar surface area (TPSA) is 38.3 Å². The van der Waals surface area contributed by atoms with Crippen LogP contribution in [0.4, 0.5) is 0 Å². The Morgan fingerprint density at radius 3 is 2.57 bits per heavy atom. The Labute approximate surface area is 142 Å². The van der Waals surface area contributed by atoms with Gasteiger partial charge in [-0.25, -0.2) is 0 Å². The van der Waals surface area contributed by atoms with Crippen molar-refractivity contribution in [3.05, 3.63) is 64.7 Å². The van der Waals surface area contributed by atoms with Crippen molar-refractivity contribution < 1.29 is 9.53 Å². The van der Waals surface area contributed by atoms with E-state index in [2.05, 4.69) is 24.6 Å². The lowest BCUT2D eigenvalue weighted by Crippen LogP contribution is -2.25. The Hall–Kier alpha value is -1.94. The van der Waals surface area contributed by atoms with Crippen LogP contribution in [0.15, 0.2) is 42.5 Å². The maximum atomic E-state index is 12.2. The molecule has 0 saturated carbocycles. The molecule has 0 aromatic heterocycles. The number of rotatable bonds is 7. The Morgan fingerprint density at radius 1 is 1.17 bits per heavy atom. The molecule has 0 heterocycles. The van der Waals surface area contributed by atoms with Crippen molar-refractivity contribution >= 4 is 17.7 Å². The molecule has 0 saturated heterocycles. The summed E-state index contributed by atoms with van der Waals surface area (Å²) in [7, 11) is 1.67. The molecule has 0 aliphatic rings. The van der Waals surface area contributed by atoms with Crippen molar-refractivity contribution in [1.82, 2.24) is 5.32 Å². The molecule has 4 heteroatoms. The summed E-state index contributed by atoms with van der Waals surface area (Å²) in [4.78, 5) is 12.2. The molecule has 0 atom stereocenters. The van der Waals surface area contributed by atoms with Crippen LogP contribution in [0, 0.1) is 6.92 Å². The van der Waals surface area contributed by atoms with Gasteiger partial charge in [0.05, 0.1) is 7.11 Å². The van der Waals surface area contributed by atoms with E-state index in [1.54, 1.807) is 18.9 Å². The van der Waals surface area contributed by atoms with Crippen LogP contribution < -0.4 is 10.1 Å². The fourth-order valence-electron chi connectivity index (χ4n) is 2.43. The highest BCUT2D eigenvalue weighted by Crippen LogP contribution is 2.19. The van der Waals surface area contributed by atoms with Gasteiger partial charge in [0.2, 0.25) is 0 Å². The second-order valence-corrected chi connectivity index (χ2v) is 6.32. The van der Waals surface area contributed by atoms with Crippen molar-refractivity contribution in [1.29, 1.82) is 0 Å². The maximum absolute atomic E-state index is 12.2. The van der Waals surface area contributed by atoms with E-state index in [0.29, 0.717) is 12.1 Å². The van der Waals surface area contributed by atoms with E-state index in [-0.39, 0.29) is 5.91 Å². The zero-order valence-electron chi connectivity index (χ0n) is 13.9. The lowest BCUT2D eigenvalue weighted by molar-refractivity contribution is 0.0954. The van der Waals surface area contributed by atoms with Gasteiger partial charge in [0.15, 0.2) is 0 Å². The number of ether oxygens (including phenoxy) is 1. The van der Waals surface area contributed by atoms with E-state index in [9.17, 15) is 4.79 Å². The molecule has 0 spiro atoms. The number of nitrogens with one attached hydrogen (secondary N) is 1. The van der Waals surface area contributed by atoms with Crippen LogP contribution in [0.2, 0.25) is 0 Å². The number of benzene rings is 2. The molecule has 122 valence electrons. The van der Waals surface area contributed by atoms with Gasteiger partial charge in [0.25, 0.3) is 5.91 Å². The smallest absolute Gasteiger partial charge is 0.251 e. The second-order valence-electron chi connectivity index (χ2n) is 5.45. The average molecular weight is 329 g/mol. The van der Waals surface area contributed by atoms with E-state index in [4.69, 9.17) is 4.74 Å². The van der Waals surface area contributed by atoms with Crippen LogP contribution in [0.1, 0.15) is 27.0 Å². The van der Waals surface area contributed by atoms with Crippen molar-refractivity contribution in [2.45, 2.75) is 19.1 Å². The lowest BCUT2D eigenvalue weighted by Gasteiger charge is -2.10. The Bertz CT molecular complexity index is 653. The molecule has 2 rings (SSSR count). The van der Waals surface area contributed by atoms with Crippen molar-refractivity contribution in [3.63, 3.8) is 0 Å². The monoisotopic (exact) mass is 329 g/mol. The zero-order valence-corrected chi connectivity index (χ0v) is 14.7. The molecule has 3 nitrogen and oxygen atoms in total. The second kappa shape index (κ2) is 8.63. The summed E-state index contributed by atoms with van der Waals surface area (Å²) in [5.41, 5.74) is 4.24. The zero-order chi connectivity index (χ0) is 16.7. The SMILES string of the molecule is COc1ccc(C)cc1CCNC(=O)c1ccc(CSC)cc1. The molecule has 23 heavy (non-hydrogen) atoms. The summed E-state index contributed by atoms with van der Waals surface area (Å²) in [6.07, 6.45) is 2.82. The first-order chi connectivity index (χ1) is 11.1. The quantitative estimate of drug-likeness (QED) is 0.839. The molecule has 0 aliphatic heterocycles. The van der Waals surface area contributed by atoms with Gasteiger partial charge in [-0.1, -0.05) is 29.8 Å². The summed E-state index contributed by atoms with van der Waals surface area (Å²) < 4.78 is 5.36. The molecular weight excluding hydrogens is 306 g/mol. The number of hydrogen-bond acceptors (Lipinski definition) is 3. The minimum Gasteiger partial charge on any atom is -0.496 e. The van der Waals surface area contributed by atoms with Crippen molar-refractivity contribution in [2.75, 3.05) is 19.9 Å². The minimum atomic E-state index is -0.0349. The Balaban J connectivity index is 1.90. The third-order valence-corrected chi connectivity index (χ3v) is 4.26. The molecule has 2 aromatic rings. The highest BCUT2D eigenvalue weighted by Gasteiger charge is 2.07. The molecule has 0 unspecified atom stereocenters. The molecule has 0 aliphatic carbocycles. The Kier molecular flexibility index (Phi) is 6.53. The lowest BCUT2D eigenvalue weighted by atomic mass is 10.1. The molecule has 0 fully saturated rings. The number of hydrogen-bond donors (Lipinski definition) is 1. The van der Waals surface area contributed by atoms with Crippen molar-refractivity contribution in [3.8, 4) is 5.75 Å². The third kappa shape index (κ3) is 5.03. The van der Waals surface area contributed by atoms with Gasteiger partial charge in [-0.3, -0.25) is 4.79 Å². The van der Waals surface area contributed by atoms with E-state index >= 15 is 0 Å². The standard InChI is InChI=1S/C19H23NO2S/c1-14-4-9-18(22-2)17(12-14)10-11-20-19(21)16-7-5-15(6-8-16)13-23-3/h4-9,12H,10-11,13H2,1-3H3,(H,20,21). The fraction of sp³-hybridized carbons (Fsp3) is 0.316. The van der Waals surface area contributed by atoms with Crippen LogP contribution in [0.5, 0.6) is 5.75 Å². The first kappa shape index (κ1) is 17.4. The van der Waals surface area contributed by atoms with E-state index in [0.717, 1.165) is 23.5 Å². The van der Waals surface area contributed by atoms with Crippen LogP contribution >= 0.6 is 11.8 Å². The fourth-order valence-corrected chi connectivity index (χ4v) is 2.96. The third-order valence-electron chi connectivity index (χ3n) is 3.64. The molecule has 1 amide bonds. The maximum Gasteiger partial charge on any atom is 0.251 e. The van der Waals surface area contributed by atoms with Gasteiger partial charge in [0.1, 0.15) is 5.75 Å². The highest BCUT2D eigenvalue weighted by molar-refractivity contribution is 7.97. The highest BCUT2D eigenvalue weighted by atomic mass is 32.2. The molecule has 1 N–H and O–H groups in total. The Morgan fingerprint density at radius 2 is 1.91 bits per heavy atom.